The molecule has 0 saturated carbocycles. The first-order valence-electron chi connectivity index (χ1n) is 6.41. The Morgan fingerprint density at radius 3 is 2.71 bits per heavy atom. The maximum atomic E-state index is 12.2. The molecule has 6 heteroatoms. The number of carbonyl (C=O) groups excluding carboxylic acids is 1. The fourth-order valence-corrected chi connectivity index (χ4v) is 2.07. The molecule has 1 aromatic carbocycles. The van der Waals surface area contributed by atoms with Gasteiger partial charge >= 0.3 is 5.97 Å². The van der Waals surface area contributed by atoms with Crippen LogP contribution in [0.3, 0.4) is 0 Å². The Hall–Kier alpha value is -2.34. The van der Waals surface area contributed by atoms with Gasteiger partial charge in [0.2, 0.25) is 0 Å². The van der Waals surface area contributed by atoms with Crippen molar-refractivity contribution >= 4 is 22.8 Å². The zero-order chi connectivity index (χ0) is 15.6. The average molecular weight is 291 g/mol. The number of carbonyl (C=O) groups is 2. The lowest BCUT2D eigenvalue weighted by molar-refractivity contribution is -0.145. The molecule has 0 saturated heterocycles. The average Bonchev–Trinajstić information content (AvgIpc) is 2.84. The second-order valence-corrected chi connectivity index (χ2v) is 5.13. The number of carboxylic acids is 1. The first-order valence-corrected chi connectivity index (χ1v) is 6.41. The predicted molar refractivity (Wildman–Crippen MR) is 76.3 cm³/mol. The van der Waals surface area contributed by atoms with Crippen molar-refractivity contribution in [2.45, 2.75) is 19.4 Å². The molecule has 0 fully saturated rings. The quantitative estimate of drug-likeness (QED) is 0.879. The second-order valence-electron chi connectivity index (χ2n) is 5.13. The fraction of sp³-hybridized carbons (Fsp3) is 0.333. The molecular formula is C15H17NO5. The van der Waals surface area contributed by atoms with Crippen molar-refractivity contribution in [2.24, 2.45) is 0 Å². The smallest absolute Gasteiger partial charge is 0.331 e. The Labute approximate surface area is 121 Å². The normalized spacial score (nSPS) is 13.9. The Bertz CT molecular complexity index is 690. The van der Waals surface area contributed by atoms with Crippen molar-refractivity contribution in [1.29, 1.82) is 0 Å². The number of hydrogen-bond acceptors (Lipinski definition) is 4. The maximum absolute atomic E-state index is 12.2. The molecule has 0 bridgehead atoms. The van der Waals surface area contributed by atoms with E-state index < -0.39 is 17.4 Å². The summed E-state index contributed by atoms with van der Waals surface area (Å²) in [7, 11) is 1.37. The topological polar surface area (TPSA) is 88.8 Å². The number of carboxylic acid groups (broad SMARTS) is 1. The van der Waals surface area contributed by atoms with E-state index in [4.69, 9.17) is 9.15 Å². The van der Waals surface area contributed by atoms with Crippen LogP contribution in [0.1, 0.15) is 23.0 Å². The van der Waals surface area contributed by atoms with Gasteiger partial charge in [-0.15, -0.1) is 0 Å². The second kappa shape index (κ2) is 5.57. The first kappa shape index (κ1) is 15.1. The molecule has 21 heavy (non-hydrogen) atoms. The van der Waals surface area contributed by atoms with Gasteiger partial charge in [0.1, 0.15) is 5.58 Å². The standard InChI is InChI=1S/C15H17NO5/c1-9-5-4-6-10-7-11(21-12(9)10)13(17)16-15(2,8-20-3)14(18)19/h4-7H,8H2,1-3H3,(H,16,17)(H,18,19). The molecule has 0 radical (unpaired) electrons. The van der Waals surface area contributed by atoms with E-state index in [0.29, 0.717) is 5.58 Å². The lowest BCUT2D eigenvalue weighted by Gasteiger charge is -2.24. The molecule has 1 atom stereocenters. The molecule has 0 aliphatic carbocycles. The lowest BCUT2D eigenvalue weighted by Crippen LogP contribution is -2.55. The van der Waals surface area contributed by atoms with Gasteiger partial charge < -0.3 is 19.6 Å². The van der Waals surface area contributed by atoms with Gasteiger partial charge in [-0.2, -0.15) is 0 Å². The maximum Gasteiger partial charge on any atom is 0.331 e. The number of para-hydroxylation sites is 1. The molecule has 1 heterocycles. The van der Waals surface area contributed by atoms with Gasteiger partial charge in [0.15, 0.2) is 11.3 Å². The van der Waals surface area contributed by atoms with E-state index in [1.807, 2.05) is 25.1 Å². The highest BCUT2D eigenvalue weighted by Crippen LogP contribution is 2.23. The van der Waals surface area contributed by atoms with Crippen molar-refractivity contribution in [3.05, 3.63) is 35.6 Å². The summed E-state index contributed by atoms with van der Waals surface area (Å²) >= 11 is 0. The SMILES string of the molecule is COCC(C)(NC(=O)c1cc2cccc(C)c2o1)C(=O)O. The molecular weight excluding hydrogens is 274 g/mol. The van der Waals surface area contributed by atoms with E-state index in [0.717, 1.165) is 10.9 Å². The minimum Gasteiger partial charge on any atom is -0.479 e. The van der Waals surface area contributed by atoms with Crippen molar-refractivity contribution in [3.63, 3.8) is 0 Å². The number of benzene rings is 1. The number of methoxy groups -OCH3 is 1. The molecule has 0 aliphatic rings. The summed E-state index contributed by atoms with van der Waals surface area (Å²) in [5.41, 5.74) is 0.00991. The Balaban J connectivity index is 2.30. The molecule has 6 nitrogen and oxygen atoms in total. The van der Waals surface area contributed by atoms with Crippen molar-refractivity contribution in [3.8, 4) is 0 Å². The Morgan fingerprint density at radius 2 is 2.14 bits per heavy atom. The van der Waals surface area contributed by atoms with E-state index in [1.54, 1.807) is 6.07 Å². The molecule has 2 aromatic rings. The van der Waals surface area contributed by atoms with E-state index >= 15 is 0 Å². The van der Waals surface area contributed by atoms with Gasteiger partial charge in [-0.1, -0.05) is 18.2 Å². The molecule has 1 amide bonds. The van der Waals surface area contributed by atoms with E-state index in [1.165, 1.54) is 14.0 Å². The van der Waals surface area contributed by atoms with Crippen molar-refractivity contribution in [2.75, 3.05) is 13.7 Å². The van der Waals surface area contributed by atoms with Crippen LogP contribution < -0.4 is 5.32 Å². The van der Waals surface area contributed by atoms with Gasteiger partial charge in [-0.05, 0) is 25.5 Å². The molecule has 112 valence electrons. The van der Waals surface area contributed by atoms with Gasteiger partial charge in [0, 0.05) is 12.5 Å². The number of rotatable bonds is 5. The van der Waals surface area contributed by atoms with Gasteiger partial charge in [0.05, 0.1) is 6.61 Å². The highest BCUT2D eigenvalue weighted by molar-refractivity contribution is 5.99. The van der Waals surface area contributed by atoms with Crippen LogP contribution in [0.15, 0.2) is 28.7 Å². The molecule has 2 N–H and O–H groups in total. The third-order valence-corrected chi connectivity index (χ3v) is 3.26. The van der Waals surface area contributed by atoms with Crippen molar-refractivity contribution < 1.29 is 23.8 Å². The highest BCUT2D eigenvalue weighted by Gasteiger charge is 2.36. The predicted octanol–water partition coefficient (Wildman–Crippen LogP) is 1.96. The number of aliphatic carboxylic acids is 1. The third-order valence-electron chi connectivity index (χ3n) is 3.26. The number of furan rings is 1. The minimum absolute atomic E-state index is 0.0721. The highest BCUT2D eigenvalue weighted by atomic mass is 16.5. The number of aryl methyl sites for hydroxylation is 1. The largest absolute Gasteiger partial charge is 0.479 e. The summed E-state index contributed by atoms with van der Waals surface area (Å²) in [4.78, 5) is 23.5. The number of amides is 1. The zero-order valence-corrected chi connectivity index (χ0v) is 12.1. The summed E-state index contributed by atoms with van der Waals surface area (Å²) in [5.74, 6) is -1.69. The lowest BCUT2D eigenvalue weighted by atomic mass is 10.0. The van der Waals surface area contributed by atoms with Crippen molar-refractivity contribution in [1.82, 2.24) is 5.32 Å². The summed E-state index contributed by atoms with van der Waals surface area (Å²) < 4.78 is 10.4. The summed E-state index contributed by atoms with van der Waals surface area (Å²) in [6.07, 6.45) is 0. The monoisotopic (exact) mass is 291 g/mol. The number of fused-ring (bicyclic) bond motifs is 1. The summed E-state index contributed by atoms with van der Waals surface area (Å²) in [6, 6.07) is 7.15. The van der Waals surface area contributed by atoms with Crippen LogP contribution in [0.2, 0.25) is 0 Å². The molecule has 1 unspecified atom stereocenters. The van der Waals surface area contributed by atoms with E-state index in [9.17, 15) is 14.7 Å². The number of hydrogen-bond donors (Lipinski definition) is 2. The van der Waals surface area contributed by atoms with Crippen LogP contribution in [0, 0.1) is 6.92 Å². The van der Waals surface area contributed by atoms with Gasteiger partial charge in [-0.25, -0.2) is 4.79 Å². The minimum atomic E-state index is -1.51. The number of ether oxygens (including phenoxy) is 1. The summed E-state index contributed by atoms with van der Waals surface area (Å²) in [6.45, 7) is 3.11. The third kappa shape index (κ3) is 2.90. The van der Waals surface area contributed by atoms with E-state index in [2.05, 4.69) is 5.32 Å². The van der Waals surface area contributed by atoms with Crippen LogP contribution in [0.4, 0.5) is 0 Å². The molecule has 0 aliphatic heterocycles. The Kier molecular flexibility index (Phi) is 3.99. The van der Waals surface area contributed by atoms with Gasteiger partial charge in [0.25, 0.3) is 5.91 Å². The van der Waals surface area contributed by atoms with Crippen LogP contribution >= 0.6 is 0 Å². The molecule has 1 aromatic heterocycles. The fourth-order valence-electron chi connectivity index (χ4n) is 2.07. The molecule has 2 rings (SSSR count). The Morgan fingerprint density at radius 1 is 1.43 bits per heavy atom. The van der Waals surface area contributed by atoms with E-state index in [-0.39, 0.29) is 12.4 Å². The zero-order valence-electron chi connectivity index (χ0n) is 12.1. The first-order chi connectivity index (χ1) is 9.87. The van der Waals surface area contributed by atoms with Crippen LogP contribution in [-0.2, 0) is 9.53 Å². The van der Waals surface area contributed by atoms with Crippen LogP contribution in [0.5, 0.6) is 0 Å². The molecule has 0 spiro atoms. The van der Waals surface area contributed by atoms with Gasteiger partial charge in [-0.3, -0.25) is 4.79 Å². The van der Waals surface area contributed by atoms with Crippen LogP contribution in [0.25, 0.3) is 11.0 Å². The number of nitrogens with one attached hydrogen (secondary N) is 1. The summed E-state index contributed by atoms with van der Waals surface area (Å²) in [5, 5.41) is 12.4. The van der Waals surface area contributed by atoms with Crippen LogP contribution in [-0.4, -0.2) is 36.2 Å².